The van der Waals surface area contributed by atoms with E-state index in [-0.39, 0.29) is 0 Å². The van der Waals surface area contributed by atoms with Crippen molar-refractivity contribution in [2.24, 2.45) is 28.9 Å². The van der Waals surface area contributed by atoms with E-state index in [1.807, 2.05) is 0 Å². The minimum atomic E-state index is 0.629. The molecule has 0 aliphatic heterocycles. The number of rotatable bonds is 2. The first-order chi connectivity index (χ1) is 6.12. The molecule has 0 radical (unpaired) electrons. The summed E-state index contributed by atoms with van der Waals surface area (Å²) in [6.45, 7) is 5.76. The van der Waals surface area contributed by atoms with Crippen LogP contribution in [0.5, 0.6) is 0 Å². The molecule has 0 aromatic rings. The third-order valence-electron chi connectivity index (χ3n) is 4.27. The molecule has 0 aromatic heterocycles. The molecule has 2 saturated carbocycles. The lowest BCUT2D eigenvalue weighted by Gasteiger charge is -2.34. The Morgan fingerprint density at radius 2 is 1.85 bits per heavy atom. The Kier molecular flexibility index (Phi) is 2.39. The number of nitrogens with two attached hydrogens (primary N) is 1. The Morgan fingerprint density at radius 3 is 2.31 bits per heavy atom. The largest absolute Gasteiger partial charge is 0.330 e. The summed E-state index contributed by atoms with van der Waals surface area (Å²) in [4.78, 5) is 0. The second kappa shape index (κ2) is 3.27. The van der Waals surface area contributed by atoms with Crippen LogP contribution in [0.1, 0.15) is 46.0 Å². The number of hydrogen-bond donors (Lipinski definition) is 1. The van der Waals surface area contributed by atoms with Gasteiger partial charge in [-0.15, -0.1) is 0 Å². The summed E-state index contributed by atoms with van der Waals surface area (Å²) in [5.41, 5.74) is 6.31. The topological polar surface area (TPSA) is 26.0 Å². The van der Waals surface area contributed by atoms with Gasteiger partial charge in [0.25, 0.3) is 0 Å². The molecule has 2 rings (SSSR count). The predicted octanol–water partition coefficient (Wildman–Crippen LogP) is 2.80. The molecular formula is C12H23N. The normalized spacial score (nSPS) is 39.0. The van der Waals surface area contributed by atoms with Crippen LogP contribution in [-0.4, -0.2) is 6.54 Å². The molecule has 76 valence electrons. The molecular weight excluding hydrogens is 158 g/mol. The molecule has 2 N–H and O–H groups in total. The average molecular weight is 181 g/mol. The fraction of sp³-hybridized carbons (Fsp3) is 1.00. The van der Waals surface area contributed by atoms with Gasteiger partial charge in [0.05, 0.1) is 0 Å². The molecule has 2 atom stereocenters. The predicted molar refractivity (Wildman–Crippen MR) is 56.4 cm³/mol. The Morgan fingerprint density at radius 1 is 1.23 bits per heavy atom. The van der Waals surface area contributed by atoms with E-state index in [4.69, 9.17) is 5.73 Å². The Labute approximate surface area is 82.1 Å². The molecule has 0 saturated heterocycles. The van der Waals surface area contributed by atoms with Crippen LogP contribution in [-0.2, 0) is 0 Å². The zero-order chi connectivity index (χ0) is 9.47. The molecule has 2 unspecified atom stereocenters. The van der Waals surface area contributed by atoms with Gasteiger partial charge >= 0.3 is 0 Å². The van der Waals surface area contributed by atoms with Crippen molar-refractivity contribution in [1.29, 1.82) is 0 Å². The minimum Gasteiger partial charge on any atom is -0.330 e. The fourth-order valence-corrected chi connectivity index (χ4v) is 2.97. The third kappa shape index (κ3) is 2.07. The van der Waals surface area contributed by atoms with E-state index in [2.05, 4.69) is 13.8 Å². The summed E-state index contributed by atoms with van der Waals surface area (Å²) in [6, 6.07) is 0. The fourth-order valence-electron chi connectivity index (χ4n) is 2.97. The van der Waals surface area contributed by atoms with Gasteiger partial charge < -0.3 is 5.73 Å². The zero-order valence-electron chi connectivity index (χ0n) is 9.05. The molecule has 2 aliphatic carbocycles. The highest BCUT2D eigenvalue weighted by Crippen LogP contribution is 2.51. The van der Waals surface area contributed by atoms with Gasteiger partial charge in [0.2, 0.25) is 0 Å². The van der Waals surface area contributed by atoms with Gasteiger partial charge in [-0.1, -0.05) is 13.8 Å². The van der Waals surface area contributed by atoms with E-state index in [1.165, 1.54) is 32.1 Å². The van der Waals surface area contributed by atoms with Gasteiger partial charge in [-0.2, -0.15) is 0 Å². The van der Waals surface area contributed by atoms with E-state index >= 15 is 0 Å². The van der Waals surface area contributed by atoms with Crippen LogP contribution in [0, 0.1) is 23.2 Å². The summed E-state index contributed by atoms with van der Waals surface area (Å²) in [7, 11) is 0. The summed E-state index contributed by atoms with van der Waals surface area (Å²) in [5.74, 6) is 2.94. The highest BCUT2D eigenvalue weighted by molar-refractivity contribution is 4.94. The van der Waals surface area contributed by atoms with Crippen molar-refractivity contribution >= 4 is 0 Å². The molecule has 0 amide bonds. The first kappa shape index (κ1) is 9.51. The van der Waals surface area contributed by atoms with E-state index in [9.17, 15) is 0 Å². The molecule has 1 heteroatoms. The molecule has 2 fully saturated rings. The smallest absolute Gasteiger partial charge is 0.00460 e. The van der Waals surface area contributed by atoms with Gasteiger partial charge in [-0.05, 0) is 61.8 Å². The second-order valence-corrected chi connectivity index (χ2v) is 5.90. The molecule has 2 aliphatic rings. The first-order valence-electron chi connectivity index (χ1n) is 5.82. The van der Waals surface area contributed by atoms with Crippen molar-refractivity contribution in [3.05, 3.63) is 0 Å². The van der Waals surface area contributed by atoms with Gasteiger partial charge in [0.1, 0.15) is 0 Å². The monoisotopic (exact) mass is 181 g/mol. The maximum atomic E-state index is 5.68. The van der Waals surface area contributed by atoms with E-state index in [0.717, 1.165) is 24.3 Å². The Bertz CT molecular complexity index is 176. The molecule has 0 spiro atoms. The SMILES string of the molecule is CC1(C)CCC(C2CC2CN)CC1. The lowest BCUT2D eigenvalue weighted by atomic mass is 9.71. The molecule has 0 bridgehead atoms. The van der Waals surface area contributed by atoms with Crippen LogP contribution in [0.3, 0.4) is 0 Å². The van der Waals surface area contributed by atoms with Crippen molar-refractivity contribution in [2.75, 3.05) is 6.54 Å². The van der Waals surface area contributed by atoms with Crippen molar-refractivity contribution < 1.29 is 0 Å². The summed E-state index contributed by atoms with van der Waals surface area (Å²) < 4.78 is 0. The standard InChI is InChI=1S/C12H23N/c1-12(2)5-3-9(4-6-12)11-7-10(11)8-13/h9-11H,3-8,13H2,1-2H3. The lowest BCUT2D eigenvalue weighted by Crippen LogP contribution is -2.23. The third-order valence-corrected chi connectivity index (χ3v) is 4.27. The number of hydrogen-bond acceptors (Lipinski definition) is 1. The maximum absolute atomic E-state index is 5.68. The highest BCUT2D eigenvalue weighted by Gasteiger charge is 2.43. The molecule has 0 aromatic carbocycles. The molecule has 1 nitrogen and oxygen atoms in total. The van der Waals surface area contributed by atoms with Crippen molar-refractivity contribution in [3.8, 4) is 0 Å². The van der Waals surface area contributed by atoms with Crippen LogP contribution in [0.25, 0.3) is 0 Å². The van der Waals surface area contributed by atoms with Crippen LogP contribution >= 0.6 is 0 Å². The molecule has 0 heterocycles. The van der Waals surface area contributed by atoms with Crippen molar-refractivity contribution in [2.45, 2.75) is 46.0 Å². The van der Waals surface area contributed by atoms with Gasteiger partial charge in [-0.3, -0.25) is 0 Å². The Balaban J connectivity index is 1.79. The zero-order valence-corrected chi connectivity index (χ0v) is 9.05. The quantitative estimate of drug-likeness (QED) is 0.696. The van der Waals surface area contributed by atoms with Crippen LogP contribution in [0.15, 0.2) is 0 Å². The lowest BCUT2D eigenvalue weighted by molar-refractivity contribution is 0.174. The Hall–Kier alpha value is -0.0400. The van der Waals surface area contributed by atoms with Crippen LogP contribution in [0.4, 0.5) is 0 Å². The highest BCUT2D eigenvalue weighted by atomic mass is 14.6. The average Bonchev–Trinajstić information content (AvgIpc) is 2.83. The van der Waals surface area contributed by atoms with E-state index < -0.39 is 0 Å². The van der Waals surface area contributed by atoms with Crippen molar-refractivity contribution in [3.63, 3.8) is 0 Å². The van der Waals surface area contributed by atoms with Gasteiger partial charge in [-0.25, -0.2) is 0 Å². The summed E-state index contributed by atoms with van der Waals surface area (Å²) in [5, 5.41) is 0. The maximum Gasteiger partial charge on any atom is -0.00460 e. The van der Waals surface area contributed by atoms with Crippen molar-refractivity contribution in [1.82, 2.24) is 0 Å². The van der Waals surface area contributed by atoms with E-state index in [1.54, 1.807) is 0 Å². The summed E-state index contributed by atoms with van der Waals surface area (Å²) >= 11 is 0. The van der Waals surface area contributed by atoms with Crippen LogP contribution in [0.2, 0.25) is 0 Å². The van der Waals surface area contributed by atoms with Gasteiger partial charge in [0.15, 0.2) is 0 Å². The first-order valence-corrected chi connectivity index (χ1v) is 5.82. The second-order valence-electron chi connectivity index (χ2n) is 5.90. The van der Waals surface area contributed by atoms with Gasteiger partial charge in [0, 0.05) is 0 Å². The van der Waals surface area contributed by atoms with E-state index in [0.29, 0.717) is 5.41 Å². The summed E-state index contributed by atoms with van der Waals surface area (Å²) in [6.07, 6.45) is 7.24. The molecule has 13 heavy (non-hydrogen) atoms. The van der Waals surface area contributed by atoms with Crippen LogP contribution < -0.4 is 5.73 Å². The minimum absolute atomic E-state index is 0.629.